The largest absolute Gasteiger partial charge is 0.494 e. The molecular formula is C14H18N4O3. The summed E-state index contributed by atoms with van der Waals surface area (Å²) < 4.78 is 7.33. The summed E-state index contributed by atoms with van der Waals surface area (Å²) in [6.45, 7) is 3.88. The van der Waals surface area contributed by atoms with Crippen LogP contribution in [-0.2, 0) is 6.54 Å². The standard InChI is InChI=1S/C14H18N4O3/c1-2-21-14-9-12(8-13(10-14)18(19)20)16-4-3-6-17-7-5-15-11-17/h5,7-11,16H,2-4,6H2,1H3. The molecule has 0 amide bonds. The van der Waals surface area contributed by atoms with Crippen LogP contribution in [-0.4, -0.2) is 27.6 Å². The second-order valence-corrected chi connectivity index (χ2v) is 4.49. The van der Waals surface area contributed by atoms with E-state index in [9.17, 15) is 10.1 Å². The minimum absolute atomic E-state index is 0.0260. The van der Waals surface area contributed by atoms with E-state index >= 15 is 0 Å². The fraction of sp³-hybridized carbons (Fsp3) is 0.357. The Balaban J connectivity index is 1.93. The third-order valence-electron chi connectivity index (χ3n) is 2.89. The maximum absolute atomic E-state index is 10.9. The maximum Gasteiger partial charge on any atom is 0.275 e. The monoisotopic (exact) mass is 290 g/mol. The molecule has 0 spiro atoms. The smallest absolute Gasteiger partial charge is 0.275 e. The molecule has 1 N–H and O–H groups in total. The first kappa shape index (κ1) is 14.8. The topological polar surface area (TPSA) is 82.2 Å². The summed E-state index contributed by atoms with van der Waals surface area (Å²) in [7, 11) is 0. The van der Waals surface area contributed by atoms with E-state index in [1.807, 2.05) is 17.7 Å². The molecule has 1 aromatic carbocycles. The highest BCUT2D eigenvalue weighted by Crippen LogP contribution is 2.26. The number of aromatic nitrogens is 2. The molecule has 0 fully saturated rings. The lowest BCUT2D eigenvalue weighted by molar-refractivity contribution is -0.384. The molecule has 0 radical (unpaired) electrons. The number of anilines is 1. The zero-order chi connectivity index (χ0) is 15.1. The van der Waals surface area contributed by atoms with Gasteiger partial charge in [-0.15, -0.1) is 0 Å². The first-order chi connectivity index (χ1) is 10.2. The van der Waals surface area contributed by atoms with Gasteiger partial charge in [0.05, 0.1) is 23.9 Å². The lowest BCUT2D eigenvalue weighted by atomic mass is 10.2. The van der Waals surface area contributed by atoms with Crippen LogP contribution in [0.2, 0.25) is 0 Å². The van der Waals surface area contributed by atoms with E-state index in [0.29, 0.717) is 24.6 Å². The fourth-order valence-corrected chi connectivity index (χ4v) is 1.95. The number of ether oxygens (including phenoxy) is 1. The van der Waals surface area contributed by atoms with Gasteiger partial charge < -0.3 is 14.6 Å². The van der Waals surface area contributed by atoms with Crippen LogP contribution < -0.4 is 10.1 Å². The molecule has 112 valence electrons. The normalized spacial score (nSPS) is 10.3. The van der Waals surface area contributed by atoms with Crippen LogP contribution >= 0.6 is 0 Å². The van der Waals surface area contributed by atoms with Gasteiger partial charge in [-0.05, 0) is 13.3 Å². The third kappa shape index (κ3) is 4.48. The number of hydrogen-bond donors (Lipinski definition) is 1. The molecule has 0 aliphatic carbocycles. The fourth-order valence-electron chi connectivity index (χ4n) is 1.95. The number of imidazole rings is 1. The van der Waals surface area contributed by atoms with E-state index in [4.69, 9.17) is 4.74 Å². The molecule has 7 heteroatoms. The van der Waals surface area contributed by atoms with Crippen molar-refractivity contribution in [2.75, 3.05) is 18.5 Å². The van der Waals surface area contributed by atoms with Gasteiger partial charge >= 0.3 is 0 Å². The van der Waals surface area contributed by atoms with Crippen LogP contribution in [0.3, 0.4) is 0 Å². The van der Waals surface area contributed by atoms with E-state index in [-0.39, 0.29) is 5.69 Å². The molecule has 2 aromatic rings. The van der Waals surface area contributed by atoms with Crippen LogP contribution in [0.25, 0.3) is 0 Å². The number of nitro benzene ring substituents is 1. The van der Waals surface area contributed by atoms with E-state index in [0.717, 1.165) is 13.0 Å². The van der Waals surface area contributed by atoms with Gasteiger partial charge in [-0.25, -0.2) is 4.98 Å². The highest BCUT2D eigenvalue weighted by atomic mass is 16.6. The van der Waals surface area contributed by atoms with Crippen molar-refractivity contribution >= 4 is 11.4 Å². The van der Waals surface area contributed by atoms with E-state index in [2.05, 4.69) is 10.3 Å². The van der Waals surface area contributed by atoms with E-state index < -0.39 is 4.92 Å². The Hall–Kier alpha value is -2.57. The van der Waals surface area contributed by atoms with Gasteiger partial charge in [0.25, 0.3) is 5.69 Å². The number of non-ortho nitro benzene ring substituents is 1. The van der Waals surface area contributed by atoms with Crippen molar-refractivity contribution in [1.82, 2.24) is 9.55 Å². The quantitative estimate of drug-likeness (QED) is 0.459. The Morgan fingerprint density at radius 1 is 1.43 bits per heavy atom. The van der Waals surface area contributed by atoms with Crippen molar-refractivity contribution in [3.8, 4) is 5.75 Å². The summed E-state index contributed by atoms with van der Waals surface area (Å²) in [5.41, 5.74) is 0.719. The molecule has 2 rings (SSSR count). The molecule has 1 heterocycles. The number of benzene rings is 1. The molecule has 7 nitrogen and oxygen atoms in total. The highest BCUT2D eigenvalue weighted by Gasteiger charge is 2.10. The van der Waals surface area contributed by atoms with Crippen molar-refractivity contribution in [3.05, 3.63) is 47.0 Å². The van der Waals surface area contributed by atoms with E-state index in [1.54, 1.807) is 18.6 Å². The third-order valence-corrected chi connectivity index (χ3v) is 2.89. The molecule has 0 aliphatic heterocycles. The highest BCUT2D eigenvalue weighted by molar-refractivity contribution is 5.56. The zero-order valence-corrected chi connectivity index (χ0v) is 11.9. The number of nitro groups is 1. The first-order valence-corrected chi connectivity index (χ1v) is 6.81. The molecule has 21 heavy (non-hydrogen) atoms. The molecule has 0 saturated heterocycles. The number of hydrogen-bond acceptors (Lipinski definition) is 5. The van der Waals surface area contributed by atoms with Crippen molar-refractivity contribution in [3.63, 3.8) is 0 Å². The summed E-state index contributed by atoms with van der Waals surface area (Å²) in [5, 5.41) is 14.1. The van der Waals surface area contributed by atoms with Gasteiger partial charge in [0.2, 0.25) is 0 Å². The Kier molecular flexibility index (Phi) is 5.14. The second-order valence-electron chi connectivity index (χ2n) is 4.49. The number of nitrogens with zero attached hydrogens (tertiary/aromatic N) is 3. The van der Waals surface area contributed by atoms with Gasteiger partial charge in [-0.1, -0.05) is 0 Å². The van der Waals surface area contributed by atoms with Gasteiger partial charge in [-0.3, -0.25) is 10.1 Å². The lowest BCUT2D eigenvalue weighted by Crippen LogP contribution is -2.06. The first-order valence-electron chi connectivity index (χ1n) is 6.81. The van der Waals surface area contributed by atoms with Crippen LogP contribution in [0.4, 0.5) is 11.4 Å². The Morgan fingerprint density at radius 3 is 2.95 bits per heavy atom. The summed E-state index contributed by atoms with van der Waals surface area (Å²) in [6.07, 6.45) is 6.30. The van der Waals surface area contributed by atoms with Crippen LogP contribution in [0, 0.1) is 10.1 Å². The van der Waals surface area contributed by atoms with Crippen molar-refractivity contribution in [1.29, 1.82) is 0 Å². The van der Waals surface area contributed by atoms with Gasteiger partial charge in [0, 0.05) is 43.3 Å². The van der Waals surface area contributed by atoms with Crippen molar-refractivity contribution in [2.24, 2.45) is 0 Å². The van der Waals surface area contributed by atoms with Gasteiger partial charge in [0.15, 0.2) is 0 Å². The predicted octanol–water partition coefficient (Wildman–Crippen LogP) is 2.69. The Labute approximate surface area is 122 Å². The summed E-state index contributed by atoms with van der Waals surface area (Å²) >= 11 is 0. The SMILES string of the molecule is CCOc1cc(NCCCn2ccnc2)cc([N+](=O)[O-])c1. The average Bonchev–Trinajstić information content (AvgIpc) is 2.97. The predicted molar refractivity (Wildman–Crippen MR) is 79.6 cm³/mol. The molecule has 1 aromatic heterocycles. The van der Waals surface area contributed by atoms with Crippen molar-refractivity contribution < 1.29 is 9.66 Å². The molecule has 0 bridgehead atoms. The molecule has 0 atom stereocenters. The minimum Gasteiger partial charge on any atom is -0.494 e. The van der Waals surface area contributed by atoms with Crippen LogP contribution in [0.1, 0.15) is 13.3 Å². The second kappa shape index (κ2) is 7.28. The Morgan fingerprint density at radius 2 is 2.29 bits per heavy atom. The van der Waals surface area contributed by atoms with Crippen LogP contribution in [0.5, 0.6) is 5.75 Å². The number of rotatable bonds is 8. The number of aryl methyl sites for hydroxylation is 1. The van der Waals surface area contributed by atoms with Gasteiger partial charge in [0.1, 0.15) is 5.75 Å². The lowest BCUT2D eigenvalue weighted by Gasteiger charge is -2.09. The molecule has 0 unspecified atom stereocenters. The zero-order valence-electron chi connectivity index (χ0n) is 11.9. The van der Waals surface area contributed by atoms with E-state index in [1.165, 1.54) is 12.1 Å². The Bertz CT molecular complexity index is 584. The maximum atomic E-state index is 10.9. The molecule has 0 aliphatic rings. The summed E-state index contributed by atoms with van der Waals surface area (Å²) in [4.78, 5) is 14.5. The number of nitrogens with one attached hydrogen (secondary N) is 1. The summed E-state index contributed by atoms with van der Waals surface area (Å²) in [6, 6.07) is 4.72. The van der Waals surface area contributed by atoms with Gasteiger partial charge in [-0.2, -0.15) is 0 Å². The van der Waals surface area contributed by atoms with Crippen molar-refractivity contribution in [2.45, 2.75) is 19.9 Å². The minimum atomic E-state index is -0.417. The van der Waals surface area contributed by atoms with Crippen LogP contribution in [0.15, 0.2) is 36.9 Å². The molecular weight excluding hydrogens is 272 g/mol. The summed E-state index contributed by atoms with van der Waals surface area (Å²) in [5.74, 6) is 0.504. The molecule has 0 saturated carbocycles. The average molecular weight is 290 g/mol.